The van der Waals surface area contributed by atoms with Gasteiger partial charge in [-0.15, -0.1) is 0 Å². The molecule has 112 valence electrons. The number of benzene rings is 2. The lowest BCUT2D eigenvalue weighted by Crippen LogP contribution is -2.21. The highest BCUT2D eigenvalue weighted by molar-refractivity contribution is 5.27. The number of nitrogens with one attached hydrogen (secondary N) is 1. The molecule has 0 aliphatic carbocycles. The van der Waals surface area contributed by atoms with Gasteiger partial charge in [0.1, 0.15) is 5.75 Å². The van der Waals surface area contributed by atoms with Gasteiger partial charge in [-0.3, -0.25) is 0 Å². The van der Waals surface area contributed by atoms with Gasteiger partial charge in [0, 0.05) is 19.2 Å². The topological polar surface area (TPSA) is 41.5 Å². The average Bonchev–Trinajstić information content (AvgIpc) is 2.56. The Morgan fingerprint density at radius 3 is 2.38 bits per heavy atom. The van der Waals surface area contributed by atoms with Crippen molar-refractivity contribution >= 4 is 0 Å². The second-order valence-corrected chi connectivity index (χ2v) is 5.06. The first kappa shape index (κ1) is 15.5. The maximum Gasteiger partial charge on any atom is 0.118 e. The van der Waals surface area contributed by atoms with E-state index in [1.807, 2.05) is 18.2 Å². The molecule has 1 unspecified atom stereocenters. The van der Waals surface area contributed by atoms with E-state index in [0.717, 1.165) is 25.1 Å². The van der Waals surface area contributed by atoms with Crippen molar-refractivity contribution in [2.75, 3.05) is 13.7 Å². The number of methoxy groups -OCH3 is 1. The van der Waals surface area contributed by atoms with E-state index in [4.69, 9.17) is 9.84 Å². The second kappa shape index (κ2) is 8.45. The molecule has 2 aromatic carbocycles. The van der Waals surface area contributed by atoms with E-state index in [0.29, 0.717) is 0 Å². The summed E-state index contributed by atoms with van der Waals surface area (Å²) in [6, 6.07) is 18.7. The van der Waals surface area contributed by atoms with Crippen molar-refractivity contribution < 1.29 is 9.84 Å². The molecule has 0 radical (unpaired) electrons. The molecule has 2 aromatic rings. The summed E-state index contributed by atoms with van der Waals surface area (Å²) in [7, 11) is 1.67. The maximum absolute atomic E-state index is 9.06. The summed E-state index contributed by atoms with van der Waals surface area (Å²) in [5, 5.41) is 12.6. The molecule has 21 heavy (non-hydrogen) atoms. The van der Waals surface area contributed by atoms with Crippen LogP contribution in [0.2, 0.25) is 0 Å². The minimum Gasteiger partial charge on any atom is -0.497 e. The summed E-state index contributed by atoms with van der Waals surface area (Å²) in [6.45, 7) is 1.03. The van der Waals surface area contributed by atoms with E-state index in [9.17, 15) is 0 Å². The van der Waals surface area contributed by atoms with Crippen molar-refractivity contribution in [1.29, 1.82) is 0 Å². The molecular weight excluding hydrogens is 262 g/mol. The van der Waals surface area contributed by atoms with Crippen LogP contribution in [0.25, 0.3) is 0 Å². The first-order valence-electron chi connectivity index (χ1n) is 7.35. The van der Waals surface area contributed by atoms with Crippen LogP contribution in [0.1, 0.15) is 30.0 Å². The van der Waals surface area contributed by atoms with Crippen molar-refractivity contribution in [1.82, 2.24) is 5.32 Å². The van der Waals surface area contributed by atoms with Gasteiger partial charge in [0.05, 0.1) is 7.11 Å². The fraction of sp³-hybridized carbons (Fsp3) is 0.333. The molecule has 1 atom stereocenters. The third-order valence-electron chi connectivity index (χ3n) is 3.56. The van der Waals surface area contributed by atoms with E-state index < -0.39 is 0 Å². The lowest BCUT2D eigenvalue weighted by molar-refractivity contribution is 0.275. The fourth-order valence-electron chi connectivity index (χ4n) is 2.35. The molecule has 0 heterocycles. The van der Waals surface area contributed by atoms with Crippen LogP contribution in [0.5, 0.6) is 5.75 Å². The van der Waals surface area contributed by atoms with E-state index in [-0.39, 0.29) is 12.6 Å². The molecule has 0 amide bonds. The van der Waals surface area contributed by atoms with Gasteiger partial charge in [-0.1, -0.05) is 42.5 Å². The minimum atomic E-state index is 0.230. The Balaban J connectivity index is 1.97. The Morgan fingerprint density at radius 2 is 1.76 bits per heavy atom. The van der Waals surface area contributed by atoms with Gasteiger partial charge in [0.25, 0.3) is 0 Å². The summed E-state index contributed by atoms with van der Waals surface area (Å²) in [4.78, 5) is 0. The average molecular weight is 285 g/mol. The molecule has 0 aromatic heterocycles. The molecule has 0 bridgehead atoms. The van der Waals surface area contributed by atoms with Gasteiger partial charge < -0.3 is 15.2 Å². The van der Waals surface area contributed by atoms with Crippen molar-refractivity contribution in [2.45, 2.75) is 25.4 Å². The largest absolute Gasteiger partial charge is 0.497 e. The molecule has 2 rings (SSSR count). The van der Waals surface area contributed by atoms with Crippen LogP contribution in [0.3, 0.4) is 0 Å². The highest BCUT2D eigenvalue weighted by Gasteiger charge is 2.10. The zero-order valence-corrected chi connectivity index (χ0v) is 12.5. The number of ether oxygens (including phenoxy) is 1. The standard InChI is InChI=1S/C18H23NO2/c1-21-17-11-9-15(10-12-17)14-19-18(8-5-13-20)16-6-3-2-4-7-16/h2-4,6-7,9-12,18-20H,5,8,13-14H2,1H3. The zero-order valence-electron chi connectivity index (χ0n) is 12.5. The van der Waals surface area contributed by atoms with Gasteiger partial charge in [-0.05, 0) is 36.1 Å². The summed E-state index contributed by atoms with van der Waals surface area (Å²) in [6.07, 6.45) is 1.73. The summed E-state index contributed by atoms with van der Waals surface area (Å²) >= 11 is 0. The van der Waals surface area contributed by atoms with Crippen LogP contribution in [0, 0.1) is 0 Å². The molecule has 3 nitrogen and oxygen atoms in total. The van der Waals surface area contributed by atoms with E-state index in [1.54, 1.807) is 7.11 Å². The molecule has 0 spiro atoms. The molecule has 0 saturated heterocycles. The number of hydrogen-bond donors (Lipinski definition) is 2. The number of aliphatic hydroxyl groups excluding tert-OH is 1. The van der Waals surface area contributed by atoms with Gasteiger partial charge in [0.15, 0.2) is 0 Å². The molecular formula is C18H23NO2. The van der Waals surface area contributed by atoms with Crippen LogP contribution in [0.15, 0.2) is 54.6 Å². The SMILES string of the molecule is COc1ccc(CNC(CCCO)c2ccccc2)cc1. The Morgan fingerprint density at radius 1 is 1.05 bits per heavy atom. The fourth-order valence-corrected chi connectivity index (χ4v) is 2.35. The molecule has 0 aliphatic rings. The Labute approximate surface area is 126 Å². The highest BCUT2D eigenvalue weighted by Crippen LogP contribution is 2.19. The number of rotatable bonds is 8. The van der Waals surface area contributed by atoms with Crippen LogP contribution < -0.4 is 10.1 Å². The first-order valence-corrected chi connectivity index (χ1v) is 7.35. The lowest BCUT2D eigenvalue weighted by Gasteiger charge is -2.19. The molecule has 0 fully saturated rings. The molecule has 3 heteroatoms. The number of hydrogen-bond acceptors (Lipinski definition) is 3. The Bertz CT molecular complexity index is 511. The third kappa shape index (κ3) is 4.88. The summed E-state index contributed by atoms with van der Waals surface area (Å²) < 4.78 is 5.17. The van der Waals surface area contributed by atoms with Crippen molar-refractivity contribution in [3.63, 3.8) is 0 Å². The Hall–Kier alpha value is -1.84. The van der Waals surface area contributed by atoms with Crippen LogP contribution >= 0.6 is 0 Å². The zero-order chi connectivity index (χ0) is 14.9. The van der Waals surface area contributed by atoms with Crippen molar-refractivity contribution in [3.05, 3.63) is 65.7 Å². The van der Waals surface area contributed by atoms with Crippen molar-refractivity contribution in [3.8, 4) is 5.75 Å². The van der Waals surface area contributed by atoms with Crippen LogP contribution in [-0.2, 0) is 6.54 Å². The smallest absolute Gasteiger partial charge is 0.118 e. The highest BCUT2D eigenvalue weighted by atomic mass is 16.5. The summed E-state index contributed by atoms with van der Waals surface area (Å²) in [5.41, 5.74) is 2.49. The van der Waals surface area contributed by atoms with E-state index >= 15 is 0 Å². The maximum atomic E-state index is 9.06. The number of aliphatic hydroxyl groups is 1. The first-order chi connectivity index (χ1) is 10.3. The second-order valence-electron chi connectivity index (χ2n) is 5.06. The molecule has 2 N–H and O–H groups in total. The van der Waals surface area contributed by atoms with Gasteiger partial charge in [0.2, 0.25) is 0 Å². The van der Waals surface area contributed by atoms with Gasteiger partial charge in [-0.2, -0.15) is 0 Å². The predicted molar refractivity (Wildman–Crippen MR) is 85.3 cm³/mol. The minimum absolute atomic E-state index is 0.230. The lowest BCUT2D eigenvalue weighted by atomic mass is 10.0. The monoisotopic (exact) mass is 285 g/mol. The quantitative estimate of drug-likeness (QED) is 0.782. The van der Waals surface area contributed by atoms with Gasteiger partial charge in [-0.25, -0.2) is 0 Å². The third-order valence-corrected chi connectivity index (χ3v) is 3.56. The Kier molecular flexibility index (Phi) is 6.25. The predicted octanol–water partition coefficient (Wildman–Crippen LogP) is 3.30. The normalized spacial score (nSPS) is 12.1. The molecule has 0 aliphatic heterocycles. The molecule has 0 saturated carbocycles. The van der Waals surface area contributed by atoms with Crippen molar-refractivity contribution in [2.24, 2.45) is 0 Å². The van der Waals surface area contributed by atoms with E-state index in [2.05, 4.69) is 41.7 Å². The summed E-state index contributed by atoms with van der Waals surface area (Å²) in [5.74, 6) is 0.874. The van der Waals surface area contributed by atoms with Gasteiger partial charge >= 0.3 is 0 Å². The van der Waals surface area contributed by atoms with Crippen LogP contribution in [0.4, 0.5) is 0 Å². The van der Waals surface area contributed by atoms with E-state index in [1.165, 1.54) is 11.1 Å². The van der Waals surface area contributed by atoms with Crippen LogP contribution in [-0.4, -0.2) is 18.8 Å².